The van der Waals surface area contributed by atoms with Crippen LogP contribution in [0.2, 0.25) is 0 Å². The van der Waals surface area contributed by atoms with Crippen molar-refractivity contribution in [2.45, 2.75) is 26.2 Å². The van der Waals surface area contributed by atoms with Crippen LogP contribution in [0, 0.1) is 11.7 Å². The number of piperidine rings is 1. The topological polar surface area (TPSA) is 85.8 Å². The summed E-state index contributed by atoms with van der Waals surface area (Å²) in [6.07, 6.45) is 2.39. The monoisotopic (exact) mass is 505 g/mol. The van der Waals surface area contributed by atoms with Gasteiger partial charge >= 0.3 is 0 Å². The van der Waals surface area contributed by atoms with Crippen molar-refractivity contribution in [3.63, 3.8) is 0 Å². The third kappa shape index (κ3) is 7.99. The Kier molecular flexibility index (Phi) is 10.8. The minimum Gasteiger partial charge on any atom is -0.359 e. The van der Waals surface area contributed by atoms with Gasteiger partial charge in [0.25, 0.3) is 0 Å². The maximum absolute atomic E-state index is 12.9. The predicted octanol–water partition coefficient (Wildman–Crippen LogP) is 2.20. The summed E-state index contributed by atoms with van der Waals surface area (Å²) in [7, 11) is 1.66. The molecule has 1 aromatic rings. The molecule has 28 heavy (non-hydrogen) atoms. The number of halogens is 2. The molecule has 0 unspecified atom stereocenters. The van der Waals surface area contributed by atoms with Crippen molar-refractivity contribution < 1.29 is 14.0 Å². The van der Waals surface area contributed by atoms with Crippen LogP contribution in [-0.2, 0) is 9.59 Å². The molecule has 9 heteroatoms. The summed E-state index contributed by atoms with van der Waals surface area (Å²) >= 11 is 0. The lowest BCUT2D eigenvalue weighted by atomic mass is 9.93. The van der Waals surface area contributed by atoms with Gasteiger partial charge in [-0.3, -0.25) is 9.59 Å². The van der Waals surface area contributed by atoms with Gasteiger partial charge in [-0.1, -0.05) is 0 Å². The van der Waals surface area contributed by atoms with Crippen LogP contribution in [0.1, 0.15) is 26.2 Å². The molecule has 7 nitrogen and oxygen atoms in total. The fourth-order valence-corrected chi connectivity index (χ4v) is 3.02. The maximum Gasteiger partial charge on any atom is 0.246 e. The Labute approximate surface area is 182 Å². The number of guanidine groups is 1. The van der Waals surface area contributed by atoms with Crippen LogP contribution in [-0.4, -0.2) is 55.9 Å². The van der Waals surface area contributed by atoms with Crippen molar-refractivity contribution in [3.05, 3.63) is 30.1 Å². The molecule has 1 aliphatic heterocycles. The van der Waals surface area contributed by atoms with Crippen LogP contribution < -0.4 is 16.0 Å². The zero-order chi connectivity index (χ0) is 19.6. The van der Waals surface area contributed by atoms with Crippen LogP contribution in [0.5, 0.6) is 0 Å². The number of anilines is 1. The summed E-state index contributed by atoms with van der Waals surface area (Å²) in [5, 5.41) is 8.58. The average Bonchev–Trinajstić information content (AvgIpc) is 2.67. The molecule has 0 aromatic heterocycles. The van der Waals surface area contributed by atoms with Crippen LogP contribution in [0.3, 0.4) is 0 Å². The van der Waals surface area contributed by atoms with E-state index in [1.165, 1.54) is 24.3 Å². The summed E-state index contributed by atoms with van der Waals surface area (Å²) in [5.41, 5.74) is 0.539. The first-order valence-corrected chi connectivity index (χ1v) is 9.31. The molecule has 0 atom stereocenters. The number of amides is 2. The molecular weight excluding hydrogens is 476 g/mol. The highest BCUT2D eigenvalue weighted by Gasteiger charge is 2.23. The second-order valence-electron chi connectivity index (χ2n) is 6.53. The molecule has 0 bridgehead atoms. The fourth-order valence-electron chi connectivity index (χ4n) is 3.02. The second kappa shape index (κ2) is 12.5. The van der Waals surface area contributed by atoms with E-state index in [2.05, 4.69) is 25.8 Å². The number of hydrogen-bond donors (Lipinski definition) is 3. The Morgan fingerprint density at radius 1 is 1.18 bits per heavy atom. The number of nitrogens with zero attached hydrogens (tertiary/aromatic N) is 2. The number of benzene rings is 1. The molecule has 1 fully saturated rings. The molecule has 0 spiro atoms. The van der Waals surface area contributed by atoms with Gasteiger partial charge in [0.15, 0.2) is 5.96 Å². The Hall–Kier alpha value is -1.91. The first-order valence-electron chi connectivity index (χ1n) is 9.31. The smallest absolute Gasteiger partial charge is 0.246 e. The Morgan fingerprint density at radius 2 is 1.82 bits per heavy atom. The minimum absolute atomic E-state index is 0. The number of nitrogens with one attached hydrogen (secondary N) is 3. The van der Waals surface area contributed by atoms with E-state index in [0.717, 1.165) is 25.9 Å². The Morgan fingerprint density at radius 3 is 2.39 bits per heavy atom. The van der Waals surface area contributed by atoms with Crippen molar-refractivity contribution in [2.75, 3.05) is 38.5 Å². The van der Waals surface area contributed by atoms with Crippen molar-refractivity contribution >= 4 is 47.4 Å². The van der Waals surface area contributed by atoms with E-state index in [-0.39, 0.29) is 48.2 Å². The number of rotatable bonds is 6. The molecule has 0 radical (unpaired) electrons. The molecule has 2 rings (SSSR count). The van der Waals surface area contributed by atoms with Gasteiger partial charge in [-0.15, -0.1) is 24.0 Å². The highest BCUT2D eigenvalue weighted by molar-refractivity contribution is 14.0. The average molecular weight is 505 g/mol. The van der Waals surface area contributed by atoms with Gasteiger partial charge in [0, 0.05) is 38.8 Å². The van der Waals surface area contributed by atoms with Crippen molar-refractivity contribution in [3.8, 4) is 0 Å². The first-order chi connectivity index (χ1) is 13.0. The number of hydrogen-bond acceptors (Lipinski definition) is 3. The van der Waals surface area contributed by atoms with Crippen LogP contribution in [0.25, 0.3) is 0 Å². The Balaban J connectivity index is 0.00000392. The lowest BCUT2D eigenvalue weighted by Gasteiger charge is -2.34. The number of carbonyl (C=O) groups is 2. The summed E-state index contributed by atoms with van der Waals surface area (Å²) in [6.45, 7) is 4.26. The van der Waals surface area contributed by atoms with Gasteiger partial charge in [-0.2, -0.15) is 0 Å². The lowest BCUT2D eigenvalue weighted by molar-refractivity contribution is -0.121. The number of aliphatic imine (C=N–C) groups is 1. The molecule has 1 aromatic carbocycles. The van der Waals surface area contributed by atoms with Gasteiger partial charge in [-0.05, 0) is 49.9 Å². The molecule has 156 valence electrons. The first kappa shape index (κ1) is 24.1. The SMILES string of the molecule is CCNC(=NCC(=O)Nc1ccc(F)cc1)N1CCC(CC(=O)NC)CC1.I. The fraction of sp³-hybridized carbons (Fsp3) is 0.526. The molecule has 0 aliphatic carbocycles. The van der Waals surface area contributed by atoms with Gasteiger partial charge < -0.3 is 20.9 Å². The van der Waals surface area contributed by atoms with E-state index in [1.54, 1.807) is 7.05 Å². The quantitative estimate of drug-likeness (QED) is 0.315. The molecule has 0 saturated carbocycles. The van der Waals surface area contributed by atoms with E-state index >= 15 is 0 Å². The highest BCUT2D eigenvalue weighted by atomic mass is 127. The van der Waals surface area contributed by atoms with Gasteiger partial charge in [0.1, 0.15) is 12.4 Å². The third-order valence-corrected chi connectivity index (χ3v) is 4.50. The summed E-state index contributed by atoms with van der Waals surface area (Å²) in [4.78, 5) is 30.1. The zero-order valence-corrected chi connectivity index (χ0v) is 18.7. The molecule has 1 saturated heterocycles. The van der Waals surface area contributed by atoms with E-state index in [4.69, 9.17) is 0 Å². The predicted molar refractivity (Wildman–Crippen MR) is 119 cm³/mol. The highest BCUT2D eigenvalue weighted by Crippen LogP contribution is 2.20. The van der Waals surface area contributed by atoms with Crippen LogP contribution in [0.4, 0.5) is 10.1 Å². The summed E-state index contributed by atoms with van der Waals surface area (Å²) in [6, 6.07) is 5.62. The van der Waals surface area contributed by atoms with Crippen molar-refractivity contribution in [1.29, 1.82) is 0 Å². The van der Waals surface area contributed by atoms with E-state index in [0.29, 0.717) is 30.5 Å². The maximum atomic E-state index is 12.9. The van der Waals surface area contributed by atoms with E-state index < -0.39 is 0 Å². The molecule has 1 aliphatic rings. The molecule has 2 amide bonds. The van der Waals surface area contributed by atoms with E-state index in [1.807, 2.05) is 6.92 Å². The normalized spacial score (nSPS) is 14.8. The minimum atomic E-state index is -0.347. The van der Waals surface area contributed by atoms with Crippen molar-refractivity contribution in [2.24, 2.45) is 10.9 Å². The molecule has 1 heterocycles. The van der Waals surface area contributed by atoms with Gasteiger partial charge in [-0.25, -0.2) is 9.38 Å². The molecular formula is C19H29FIN5O2. The summed E-state index contributed by atoms with van der Waals surface area (Å²) < 4.78 is 12.9. The van der Waals surface area contributed by atoms with Crippen molar-refractivity contribution in [1.82, 2.24) is 15.5 Å². The lowest BCUT2D eigenvalue weighted by Crippen LogP contribution is -2.46. The second-order valence-corrected chi connectivity index (χ2v) is 6.53. The largest absolute Gasteiger partial charge is 0.359 e. The number of carbonyl (C=O) groups excluding carboxylic acids is 2. The zero-order valence-electron chi connectivity index (χ0n) is 16.3. The van der Waals surface area contributed by atoms with Gasteiger partial charge in [0.05, 0.1) is 0 Å². The standard InChI is InChI=1S/C19H28FN5O2.HI/c1-3-22-19(25-10-8-14(9-11-25)12-17(26)21-2)23-13-18(27)24-16-6-4-15(20)5-7-16;/h4-7,14H,3,8-13H2,1-2H3,(H,21,26)(H,22,23)(H,24,27);1H. The van der Waals surface area contributed by atoms with E-state index in [9.17, 15) is 14.0 Å². The number of likely N-dealkylation sites (tertiary alicyclic amines) is 1. The third-order valence-electron chi connectivity index (χ3n) is 4.50. The Bertz CT molecular complexity index is 661. The van der Waals surface area contributed by atoms with Gasteiger partial charge in [0.2, 0.25) is 11.8 Å². The van der Waals surface area contributed by atoms with Crippen LogP contribution in [0.15, 0.2) is 29.3 Å². The summed E-state index contributed by atoms with van der Waals surface area (Å²) in [5.74, 6) is 0.550. The molecule has 3 N–H and O–H groups in total. The van der Waals surface area contributed by atoms with Crippen LogP contribution >= 0.6 is 24.0 Å².